The number of hydrogen-bond acceptors (Lipinski definition) is 4. The van der Waals surface area contributed by atoms with Crippen molar-refractivity contribution in [1.29, 1.82) is 0 Å². The van der Waals surface area contributed by atoms with Gasteiger partial charge in [-0.25, -0.2) is 4.79 Å². The first-order valence-corrected chi connectivity index (χ1v) is 8.37. The Morgan fingerprint density at radius 1 is 1.29 bits per heavy atom. The standard InChI is InChI=1S/C17H23N3O4/c1-4-12-14(17(23)24-3)9(2)15(19-12)16(22)20-10-5-6-11(20)8-18-13(21)7-10/h10-11,19H,4-8H2,1-3H3,(H,18,21)/t10-,11-/m0/s1. The van der Waals surface area contributed by atoms with E-state index in [0.717, 1.165) is 12.8 Å². The fourth-order valence-corrected chi connectivity index (χ4v) is 3.86. The van der Waals surface area contributed by atoms with Gasteiger partial charge in [0.15, 0.2) is 0 Å². The highest BCUT2D eigenvalue weighted by atomic mass is 16.5. The maximum atomic E-state index is 13.1. The van der Waals surface area contributed by atoms with Gasteiger partial charge in [-0.05, 0) is 31.7 Å². The number of rotatable bonds is 3. The second-order valence-corrected chi connectivity index (χ2v) is 6.43. The van der Waals surface area contributed by atoms with Gasteiger partial charge in [0, 0.05) is 30.7 Å². The van der Waals surface area contributed by atoms with Crippen molar-refractivity contribution in [3.05, 3.63) is 22.5 Å². The number of aromatic amines is 1. The number of aromatic nitrogens is 1. The SMILES string of the molecule is CCc1[nH]c(C(=O)N2[C@H]3CC[C@H]2CC(=O)NC3)c(C)c1C(=O)OC. The number of H-pyrrole nitrogens is 1. The zero-order valence-corrected chi connectivity index (χ0v) is 14.3. The fraction of sp³-hybridized carbons (Fsp3) is 0.588. The molecule has 2 atom stereocenters. The lowest BCUT2D eigenvalue weighted by Crippen LogP contribution is -2.43. The molecule has 0 aliphatic carbocycles. The summed E-state index contributed by atoms with van der Waals surface area (Å²) in [4.78, 5) is 41.9. The number of ether oxygens (including phenoxy) is 1. The molecular weight excluding hydrogens is 310 g/mol. The van der Waals surface area contributed by atoms with Crippen molar-refractivity contribution in [3.63, 3.8) is 0 Å². The topological polar surface area (TPSA) is 91.5 Å². The minimum absolute atomic E-state index is 0.00675. The normalized spacial score (nSPS) is 23.0. The summed E-state index contributed by atoms with van der Waals surface area (Å²) in [6.45, 7) is 4.17. The van der Waals surface area contributed by atoms with Crippen LogP contribution in [0.5, 0.6) is 0 Å². The maximum absolute atomic E-state index is 13.1. The molecule has 1 aromatic heterocycles. The molecule has 2 N–H and O–H groups in total. The minimum Gasteiger partial charge on any atom is -0.465 e. The van der Waals surface area contributed by atoms with Gasteiger partial charge in [0.2, 0.25) is 5.91 Å². The van der Waals surface area contributed by atoms with Crippen molar-refractivity contribution >= 4 is 17.8 Å². The van der Waals surface area contributed by atoms with E-state index in [1.165, 1.54) is 7.11 Å². The summed E-state index contributed by atoms with van der Waals surface area (Å²) in [5.41, 5.74) is 2.20. The number of fused-ring (bicyclic) bond motifs is 2. The van der Waals surface area contributed by atoms with Crippen LogP contribution in [0.1, 0.15) is 58.3 Å². The molecular formula is C17H23N3O4. The first-order valence-electron chi connectivity index (χ1n) is 8.37. The number of aryl methyl sites for hydroxylation is 1. The average Bonchev–Trinajstić information content (AvgIpc) is 3.06. The van der Waals surface area contributed by atoms with Crippen molar-refractivity contribution in [2.24, 2.45) is 0 Å². The van der Waals surface area contributed by atoms with Crippen LogP contribution < -0.4 is 5.32 Å². The predicted molar refractivity (Wildman–Crippen MR) is 86.9 cm³/mol. The van der Waals surface area contributed by atoms with E-state index in [4.69, 9.17) is 4.74 Å². The summed E-state index contributed by atoms with van der Waals surface area (Å²) >= 11 is 0. The molecule has 0 radical (unpaired) electrons. The van der Waals surface area contributed by atoms with Gasteiger partial charge in [0.1, 0.15) is 5.69 Å². The number of nitrogens with one attached hydrogen (secondary N) is 2. The lowest BCUT2D eigenvalue weighted by molar-refractivity contribution is -0.121. The van der Waals surface area contributed by atoms with E-state index in [1.807, 2.05) is 11.8 Å². The van der Waals surface area contributed by atoms with E-state index in [1.54, 1.807) is 6.92 Å². The number of carbonyl (C=O) groups is 3. The molecule has 3 rings (SSSR count). The van der Waals surface area contributed by atoms with Crippen LogP contribution in [0.3, 0.4) is 0 Å². The molecule has 0 aromatic carbocycles. The molecule has 1 aromatic rings. The number of esters is 1. The smallest absolute Gasteiger partial charge is 0.339 e. The Labute approximate surface area is 140 Å². The second-order valence-electron chi connectivity index (χ2n) is 6.43. The molecule has 2 bridgehead atoms. The summed E-state index contributed by atoms with van der Waals surface area (Å²) < 4.78 is 4.85. The monoisotopic (exact) mass is 333 g/mol. The summed E-state index contributed by atoms with van der Waals surface area (Å²) in [7, 11) is 1.34. The van der Waals surface area contributed by atoms with Crippen molar-refractivity contribution in [1.82, 2.24) is 15.2 Å². The largest absolute Gasteiger partial charge is 0.465 e. The highest BCUT2D eigenvalue weighted by Gasteiger charge is 2.41. The van der Waals surface area contributed by atoms with Gasteiger partial charge in [-0.15, -0.1) is 0 Å². The third-order valence-electron chi connectivity index (χ3n) is 5.09. The molecule has 130 valence electrons. The second kappa shape index (κ2) is 6.30. The molecule has 2 aliphatic rings. The van der Waals surface area contributed by atoms with Crippen LogP contribution in [0.15, 0.2) is 0 Å². The van der Waals surface area contributed by atoms with Gasteiger partial charge in [-0.3, -0.25) is 9.59 Å². The molecule has 24 heavy (non-hydrogen) atoms. The number of carbonyl (C=O) groups excluding carboxylic acids is 3. The third kappa shape index (κ3) is 2.57. The van der Waals surface area contributed by atoms with Gasteiger partial charge >= 0.3 is 5.97 Å². The molecule has 2 saturated heterocycles. The Kier molecular flexibility index (Phi) is 4.34. The Morgan fingerprint density at radius 3 is 2.67 bits per heavy atom. The number of amides is 2. The molecule has 0 unspecified atom stereocenters. The summed E-state index contributed by atoms with van der Waals surface area (Å²) in [6.07, 6.45) is 2.67. The van der Waals surface area contributed by atoms with Crippen molar-refractivity contribution in [2.45, 2.75) is 51.6 Å². The summed E-state index contributed by atoms with van der Waals surface area (Å²) in [5, 5.41) is 2.86. The highest BCUT2D eigenvalue weighted by Crippen LogP contribution is 2.31. The molecule has 2 aliphatic heterocycles. The number of nitrogens with zero attached hydrogens (tertiary/aromatic N) is 1. The highest BCUT2D eigenvalue weighted by molar-refractivity contribution is 6.01. The number of hydrogen-bond donors (Lipinski definition) is 2. The van der Waals surface area contributed by atoms with Gasteiger partial charge < -0.3 is 19.9 Å². The van der Waals surface area contributed by atoms with Crippen molar-refractivity contribution in [2.75, 3.05) is 13.7 Å². The van der Waals surface area contributed by atoms with Crippen LogP contribution in [-0.4, -0.2) is 53.4 Å². The molecule has 0 saturated carbocycles. The molecule has 2 amide bonds. The first kappa shape index (κ1) is 16.5. The molecule has 7 nitrogen and oxygen atoms in total. The average molecular weight is 333 g/mol. The van der Waals surface area contributed by atoms with Crippen LogP contribution in [0, 0.1) is 6.92 Å². The molecule has 7 heteroatoms. The van der Waals surface area contributed by atoms with Gasteiger partial charge in [0.05, 0.1) is 12.7 Å². The van der Waals surface area contributed by atoms with Crippen LogP contribution in [0.2, 0.25) is 0 Å². The molecule has 3 heterocycles. The van der Waals surface area contributed by atoms with Gasteiger partial charge in [-0.1, -0.05) is 6.92 Å². The van der Waals surface area contributed by atoms with Crippen LogP contribution in [0.25, 0.3) is 0 Å². The van der Waals surface area contributed by atoms with Crippen molar-refractivity contribution < 1.29 is 19.1 Å². The fourth-order valence-electron chi connectivity index (χ4n) is 3.86. The summed E-state index contributed by atoms with van der Waals surface area (Å²) in [5.74, 6) is -0.579. The Morgan fingerprint density at radius 2 is 2.00 bits per heavy atom. The zero-order chi connectivity index (χ0) is 17.4. The predicted octanol–water partition coefficient (Wildman–Crippen LogP) is 1.17. The van der Waals surface area contributed by atoms with Crippen LogP contribution in [0.4, 0.5) is 0 Å². The van der Waals surface area contributed by atoms with E-state index in [2.05, 4.69) is 10.3 Å². The van der Waals surface area contributed by atoms with Crippen molar-refractivity contribution in [3.8, 4) is 0 Å². The van der Waals surface area contributed by atoms with Crippen LogP contribution >= 0.6 is 0 Å². The minimum atomic E-state index is -0.435. The third-order valence-corrected chi connectivity index (χ3v) is 5.09. The van der Waals surface area contributed by atoms with Gasteiger partial charge in [-0.2, -0.15) is 0 Å². The molecule has 2 fully saturated rings. The Bertz CT molecular complexity index is 694. The lowest BCUT2D eigenvalue weighted by atomic mass is 10.1. The molecule has 0 spiro atoms. The van der Waals surface area contributed by atoms with Crippen LogP contribution in [-0.2, 0) is 16.0 Å². The van der Waals surface area contributed by atoms with Gasteiger partial charge in [0.25, 0.3) is 5.91 Å². The summed E-state index contributed by atoms with van der Waals surface area (Å²) in [6, 6.07) is -0.0531. The van der Waals surface area contributed by atoms with E-state index in [9.17, 15) is 14.4 Å². The first-order chi connectivity index (χ1) is 11.5. The van der Waals surface area contributed by atoms with E-state index in [0.29, 0.717) is 41.9 Å². The Balaban J connectivity index is 1.97. The number of methoxy groups -OCH3 is 1. The maximum Gasteiger partial charge on any atom is 0.339 e. The van der Waals surface area contributed by atoms with E-state index >= 15 is 0 Å². The van der Waals surface area contributed by atoms with E-state index in [-0.39, 0.29) is 23.9 Å². The quantitative estimate of drug-likeness (QED) is 0.812. The lowest BCUT2D eigenvalue weighted by Gasteiger charge is -2.27. The van der Waals surface area contributed by atoms with E-state index < -0.39 is 5.97 Å². The Hall–Kier alpha value is -2.31. The zero-order valence-electron chi connectivity index (χ0n) is 14.3.